The van der Waals surface area contributed by atoms with Gasteiger partial charge in [0.15, 0.2) is 15.8 Å². The molecule has 0 fully saturated rings. The van der Waals surface area contributed by atoms with E-state index in [2.05, 4.69) is 29.6 Å². The van der Waals surface area contributed by atoms with Crippen LogP contribution in [0.5, 0.6) is 0 Å². The lowest BCUT2D eigenvalue weighted by Crippen LogP contribution is -2.15. The first kappa shape index (κ1) is 12.8. The lowest BCUT2D eigenvalue weighted by Gasteiger charge is -2.04. The first-order chi connectivity index (χ1) is 9.45. The van der Waals surface area contributed by atoms with Gasteiger partial charge in [-0.1, -0.05) is 11.6 Å². The molecule has 9 nitrogen and oxygen atoms in total. The topological polar surface area (TPSA) is 118 Å². The summed E-state index contributed by atoms with van der Waals surface area (Å²) >= 11 is 5.91. The summed E-state index contributed by atoms with van der Waals surface area (Å²) in [5.74, 6) is -0.166. The number of aryl methyl sites for hydroxylation is 1. The van der Waals surface area contributed by atoms with Crippen LogP contribution in [-0.4, -0.2) is 37.9 Å². The van der Waals surface area contributed by atoms with E-state index in [-0.39, 0.29) is 21.8 Å². The Balaban J connectivity index is 2.00. The summed E-state index contributed by atoms with van der Waals surface area (Å²) in [6, 6.07) is 0. The minimum absolute atomic E-state index is 0.0752. The third-order valence-corrected chi connectivity index (χ3v) is 3.91. The molecule has 0 bridgehead atoms. The molecule has 20 heavy (non-hydrogen) atoms. The third-order valence-electron chi connectivity index (χ3n) is 2.42. The van der Waals surface area contributed by atoms with E-state index in [0.29, 0.717) is 5.52 Å². The van der Waals surface area contributed by atoms with E-state index in [0.717, 1.165) is 0 Å². The van der Waals surface area contributed by atoms with Crippen LogP contribution in [0.1, 0.15) is 0 Å². The summed E-state index contributed by atoms with van der Waals surface area (Å²) in [7, 11) is -2.20. The first-order valence-corrected chi connectivity index (χ1v) is 7.19. The number of anilines is 1. The summed E-state index contributed by atoms with van der Waals surface area (Å²) < 4.78 is 27.8. The molecule has 3 aromatic rings. The highest BCUT2D eigenvalue weighted by Crippen LogP contribution is 2.19. The van der Waals surface area contributed by atoms with Crippen LogP contribution in [0, 0.1) is 0 Å². The summed E-state index contributed by atoms with van der Waals surface area (Å²) in [5, 5.41) is -0.0620. The summed E-state index contributed by atoms with van der Waals surface area (Å²) in [4.78, 5) is 18.2. The maximum absolute atomic E-state index is 12.1. The molecule has 0 spiro atoms. The number of aromatic nitrogens is 6. The number of imidazole rings is 2. The van der Waals surface area contributed by atoms with Crippen molar-refractivity contribution >= 4 is 38.7 Å². The van der Waals surface area contributed by atoms with Crippen molar-refractivity contribution in [2.45, 2.75) is 5.03 Å². The van der Waals surface area contributed by atoms with Gasteiger partial charge in [-0.05, 0) is 0 Å². The zero-order chi connectivity index (χ0) is 14.3. The SMILES string of the molecule is Cn1cnc(S(=O)(=O)Nc2nc(Cl)c3[nH]cnc3n2)c1. The van der Waals surface area contributed by atoms with Crippen LogP contribution >= 0.6 is 11.6 Å². The molecule has 3 rings (SSSR count). The van der Waals surface area contributed by atoms with Crippen molar-refractivity contribution in [2.24, 2.45) is 7.05 Å². The highest BCUT2D eigenvalue weighted by Gasteiger charge is 2.19. The van der Waals surface area contributed by atoms with Gasteiger partial charge in [-0.2, -0.15) is 18.4 Å². The largest absolute Gasteiger partial charge is 0.341 e. The predicted molar refractivity (Wildman–Crippen MR) is 70.7 cm³/mol. The highest BCUT2D eigenvalue weighted by molar-refractivity contribution is 7.92. The number of hydrogen-bond donors (Lipinski definition) is 2. The Morgan fingerprint density at radius 3 is 2.85 bits per heavy atom. The van der Waals surface area contributed by atoms with Gasteiger partial charge in [0.2, 0.25) is 5.95 Å². The number of sulfonamides is 1. The van der Waals surface area contributed by atoms with Crippen LogP contribution in [-0.2, 0) is 17.1 Å². The van der Waals surface area contributed by atoms with Crippen molar-refractivity contribution in [1.29, 1.82) is 0 Å². The molecule has 0 aromatic carbocycles. The number of aromatic amines is 1. The molecule has 0 saturated heterocycles. The lowest BCUT2D eigenvalue weighted by atomic mass is 10.6. The smallest absolute Gasteiger partial charge is 0.283 e. The molecule has 3 heterocycles. The van der Waals surface area contributed by atoms with Gasteiger partial charge in [-0.3, -0.25) is 0 Å². The first-order valence-electron chi connectivity index (χ1n) is 5.33. The number of nitrogens with one attached hydrogen (secondary N) is 2. The van der Waals surface area contributed by atoms with Crippen molar-refractivity contribution < 1.29 is 8.42 Å². The standard InChI is InChI=1S/C9H8ClN7O2S/c1-17-2-5(13-4-17)20(18,19)16-9-14-7(10)6-8(15-9)12-3-11-6/h2-4H,1H3,(H2,11,12,14,15,16). The van der Waals surface area contributed by atoms with Crippen molar-refractivity contribution in [1.82, 2.24) is 29.5 Å². The van der Waals surface area contributed by atoms with Crippen LogP contribution in [0.3, 0.4) is 0 Å². The predicted octanol–water partition coefficient (Wildman–Crippen LogP) is 0.541. The Morgan fingerprint density at radius 1 is 1.35 bits per heavy atom. The van der Waals surface area contributed by atoms with E-state index < -0.39 is 10.0 Å². The van der Waals surface area contributed by atoms with Gasteiger partial charge in [0.25, 0.3) is 10.0 Å². The molecule has 0 aliphatic rings. The molecule has 0 radical (unpaired) electrons. The Labute approximate surface area is 118 Å². The van der Waals surface area contributed by atoms with Crippen LogP contribution in [0.4, 0.5) is 5.95 Å². The van der Waals surface area contributed by atoms with Crippen molar-refractivity contribution in [3.05, 3.63) is 24.0 Å². The molecule has 0 amide bonds. The Hall–Kier alpha value is -2.20. The van der Waals surface area contributed by atoms with Crippen molar-refractivity contribution in [3.8, 4) is 0 Å². The van der Waals surface area contributed by atoms with Gasteiger partial charge in [0, 0.05) is 13.2 Å². The summed E-state index contributed by atoms with van der Waals surface area (Å²) in [5.41, 5.74) is 0.705. The molecule has 2 N–H and O–H groups in total. The average Bonchev–Trinajstić information content (AvgIpc) is 2.97. The van der Waals surface area contributed by atoms with Crippen molar-refractivity contribution in [2.75, 3.05) is 4.72 Å². The molecule has 0 atom stereocenters. The Kier molecular flexibility index (Phi) is 2.83. The fourth-order valence-corrected chi connectivity index (χ4v) is 2.69. The zero-order valence-corrected chi connectivity index (χ0v) is 11.6. The zero-order valence-electron chi connectivity index (χ0n) is 10.1. The van der Waals surface area contributed by atoms with Crippen LogP contribution in [0.25, 0.3) is 11.2 Å². The number of rotatable bonds is 3. The maximum atomic E-state index is 12.1. The van der Waals surface area contributed by atoms with E-state index in [9.17, 15) is 8.42 Å². The van der Waals surface area contributed by atoms with Crippen LogP contribution < -0.4 is 4.72 Å². The summed E-state index contributed by atoms with van der Waals surface area (Å²) in [6.07, 6.45) is 4.12. The fraction of sp³-hybridized carbons (Fsp3) is 0.111. The highest BCUT2D eigenvalue weighted by atomic mass is 35.5. The molecule has 0 saturated carbocycles. The van der Waals surface area contributed by atoms with Gasteiger partial charge < -0.3 is 9.55 Å². The van der Waals surface area contributed by atoms with E-state index >= 15 is 0 Å². The van der Waals surface area contributed by atoms with Crippen molar-refractivity contribution in [3.63, 3.8) is 0 Å². The number of H-pyrrole nitrogens is 1. The summed E-state index contributed by atoms with van der Waals surface area (Å²) in [6.45, 7) is 0. The minimum atomic E-state index is -3.86. The maximum Gasteiger partial charge on any atom is 0.283 e. The van der Waals surface area contributed by atoms with E-state index in [1.807, 2.05) is 0 Å². The number of hydrogen-bond acceptors (Lipinski definition) is 6. The second-order valence-corrected chi connectivity index (χ2v) is 5.91. The molecule has 11 heteroatoms. The number of halogens is 1. The van der Waals surface area contributed by atoms with Crippen LogP contribution in [0.15, 0.2) is 23.9 Å². The van der Waals surface area contributed by atoms with E-state index in [4.69, 9.17) is 11.6 Å². The van der Waals surface area contributed by atoms with Gasteiger partial charge >= 0.3 is 0 Å². The third kappa shape index (κ3) is 2.18. The lowest BCUT2D eigenvalue weighted by molar-refractivity contribution is 0.597. The van der Waals surface area contributed by atoms with E-state index in [1.165, 1.54) is 23.4 Å². The Morgan fingerprint density at radius 2 is 2.15 bits per heavy atom. The molecular formula is C9H8ClN7O2S. The number of nitrogens with zero attached hydrogens (tertiary/aromatic N) is 5. The molecule has 104 valence electrons. The van der Waals surface area contributed by atoms with E-state index in [1.54, 1.807) is 7.05 Å². The van der Waals surface area contributed by atoms with Gasteiger partial charge in [-0.15, -0.1) is 0 Å². The van der Waals surface area contributed by atoms with Crippen LogP contribution in [0.2, 0.25) is 5.15 Å². The average molecular weight is 314 g/mol. The quantitative estimate of drug-likeness (QED) is 0.681. The Bertz CT molecular complexity index is 885. The van der Waals surface area contributed by atoms with Gasteiger partial charge in [-0.25, -0.2) is 14.7 Å². The minimum Gasteiger partial charge on any atom is -0.341 e. The van der Waals surface area contributed by atoms with Gasteiger partial charge in [0.1, 0.15) is 5.52 Å². The molecule has 0 aliphatic carbocycles. The fourth-order valence-electron chi connectivity index (χ4n) is 1.54. The molecule has 3 aromatic heterocycles. The molecule has 0 aliphatic heterocycles. The second-order valence-electron chi connectivity index (χ2n) is 3.92. The van der Waals surface area contributed by atoms with Gasteiger partial charge in [0.05, 0.1) is 12.7 Å². The second kappa shape index (κ2) is 4.42. The monoisotopic (exact) mass is 313 g/mol. The normalized spacial score (nSPS) is 11.9. The molecular weight excluding hydrogens is 306 g/mol. The number of fused-ring (bicyclic) bond motifs is 1. The molecule has 0 unspecified atom stereocenters.